The van der Waals surface area contributed by atoms with Crippen molar-refractivity contribution in [2.24, 2.45) is 5.92 Å². The maximum absolute atomic E-state index is 12.2. The zero-order valence-electron chi connectivity index (χ0n) is 13.4. The number of hydrogen-bond acceptors (Lipinski definition) is 3. The number of likely N-dealkylation sites (tertiary alicyclic amines) is 1. The van der Waals surface area contributed by atoms with E-state index in [4.69, 9.17) is 0 Å². The Morgan fingerprint density at radius 2 is 2.18 bits per heavy atom. The number of imide groups is 1. The minimum Gasteiger partial charge on any atom is -0.338 e. The number of unbranched alkanes of at least 4 members (excludes halogenated alkanes) is 2. The van der Waals surface area contributed by atoms with Gasteiger partial charge >= 0.3 is 12.1 Å². The Balaban J connectivity index is 1.90. The largest absolute Gasteiger partial charge is 0.338 e. The van der Waals surface area contributed by atoms with Crippen LogP contribution in [-0.4, -0.2) is 48.0 Å². The molecule has 0 spiro atoms. The van der Waals surface area contributed by atoms with Crippen molar-refractivity contribution in [3.05, 3.63) is 0 Å². The highest BCUT2D eigenvalue weighted by molar-refractivity contribution is 6.07. The second kappa shape index (κ2) is 6.98. The molecule has 7 nitrogen and oxygen atoms in total. The van der Waals surface area contributed by atoms with Gasteiger partial charge in [-0.2, -0.15) is 0 Å². The minimum atomic E-state index is -0.918. The molecule has 3 N–H and O–H groups in total. The number of nitrogens with zero attached hydrogens (tertiary/aromatic N) is 1. The summed E-state index contributed by atoms with van der Waals surface area (Å²) in [5, 5.41) is 7.93. The lowest BCUT2D eigenvalue weighted by molar-refractivity contribution is -0.125. The number of carbonyl (C=O) groups excluding carboxylic acids is 3. The van der Waals surface area contributed by atoms with Crippen LogP contribution < -0.4 is 16.0 Å². The van der Waals surface area contributed by atoms with Gasteiger partial charge in [0.1, 0.15) is 5.54 Å². The quantitative estimate of drug-likeness (QED) is 0.526. The smallest absolute Gasteiger partial charge is 0.322 e. The van der Waals surface area contributed by atoms with Crippen LogP contribution in [0.25, 0.3) is 0 Å². The van der Waals surface area contributed by atoms with Gasteiger partial charge in [-0.05, 0) is 26.2 Å². The van der Waals surface area contributed by atoms with Crippen LogP contribution in [0, 0.1) is 5.92 Å². The second-order valence-electron chi connectivity index (χ2n) is 6.33. The molecule has 0 radical (unpaired) electrons. The highest BCUT2D eigenvalue weighted by Crippen LogP contribution is 2.29. The first kappa shape index (κ1) is 16.6. The third-order valence-corrected chi connectivity index (χ3v) is 4.65. The first-order valence-corrected chi connectivity index (χ1v) is 8.13. The van der Waals surface area contributed by atoms with Crippen LogP contribution in [0.4, 0.5) is 9.59 Å². The SMILES string of the molecule is CCCCCNC(=O)N1CCCC(C2(C)NC(=O)NC2=O)C1. The fourth-order valence-corrected chi connectivity index (χ4v) is 3.16. The molecule has 2 saturated heterocycles. The summed E-state index contributed by atoms with van der Waals surface area (Å²) in [4.78, 5) is 37.4. The molecule has 0 aromatic carbocycles. The molecule has 7 heteroatoms. The molecule has 5 amide bonds. The fraction of sp³-hybridized carbons (Fsp3) is 0.800. The van der Waals surface area contributed by atoms with Crippen molar-refractivity contribution in [2.45, 2.75) is 51.5 Å². The van der Waals surface area contributed by atoms with E-state index in [1.807, 2.05) is 0 Å². The molecular weight excluding hydrogens is 284 g/mol. The highest BCUT2D eigenvalue weighted by atomic mass is 16.2. The van der Waals surface area contributed by atoms with Crippen LogP contribution in [0.2, 0.25) is 0 Å². The lowest BCUT2D eigenvalue weighted by atomic mass is 9.80. The molecular formula is C15H26N4O3. The average molecular weight is 310 g/mol. The van der Waals surface area contributed by atoms with Gasteiger partial charge < -0.3 is 15.5 Å². The molecule has 22 heavy (non-hydrogen) atoms. The first-order chi connectivity index (χ1) is 10.5. The summed E-state index contributed by atoms with van der Waals surface area (Å²) < 4.78 is 0. The normalized spacial score (nSPS) is 28.3. The summed E-state index contributed by atoms with van der Waals surface area (Å²) in [5.41, 5.74) is -0.918. The van der Waals surface area contributed by atoms with Crippen molar-refractivity contribution in [2.75, 3.05) is 19.6 Å². The number of piperidine rings is 1. The van der Waals surface area contributed by atoms with E-state index >= 15 is 0 Å². The molecule has 0 bridgehead atoms. The van der Waals surface area contributed by atoms with Crippen LogP contribution in [0.15, 0.2) is 0 Å². The Bertz CT molecular complexity index is 454. The molecule has 0 aromatic rings. The van der Waals surface area contributed by atoms with Gasteiger partial charge in [0.15, 0.2) is 0 Å². The van der Waals surface area contributed by atoms with Gasteiger partial charge in [-0.25, -0.2) is 9.59 Å². The monoisotopic (exact) mass is 310 g/mol. The Morgan fingerprint density at radius 1 is 1.41 bits per heavy atom. The van der Waals surface area contributed by atoms with Gasteiger partial charge in [-0.1, -0.05) is 19.8 Å². The van der Waals surface area contributed by atoms with Crippen LogP contribution >= 0.6 is 0 Å². The minimum absolute atomic E-state index is 0.0610. The van der Waals surface area contributed by atoms with E-state index in [9.17, 15) is 14.4 Å². The third-order valence-electron chi connectivity index (χ3n) is 4.65. The standard InChI is InChI=1S/C15H26N4O3/c1-3-4-5-8-16-14(22)19-9-6-7-11(10-19)15(2)12(20)17-13(21)18-15/h11H,3-10H2,1-2H3,(H,16,22)(H2,17,18,20,21). The first-order valence-electron chi connectivity index (χ1n) is 8.13. The Hall–Kier alpha value is -1.79. The van der Waals surface area contributed by atoms with Crippen LogP contribution in [0.1, 0.15) is 46.0 Å². The van der Waals surface area contributed by atoms with Crippen LogP contribution in [-0.2, 0) is 4.79 Å². The summed E-state index contributed by atoms with van der Waals surface area (Å²) in [7, 11) is 0. The lowest BCUT2D eigenvalue weighted by Gasteiger charge is -2.39. The van der Waals surface area contributed by atoms with Gasteiger partial charge in [0.25, 0.3) is 5.91 Å². The maximum atomic E-state index is 12.2. The van der Waals surface area contributed by atoms with Crippen molar-refractivity contribution in [1.82, 2.24) is 20.9 Å². The summed E-state index contributed by atoms with van der Waals surface area (Å²) in [6.45, 7) is 5.73. The molecule has 2 atom stereocenters. The van der Waals surface area contributed by atoms with Crippen molar-refractivity contribution in [3.8, 4) is 0 Å². The number of amides is 5. The van der Waals surface area contributed by atoms with Gasteiger partial charge in [-0.3, -0.25) is 10.1 Å². The molecule has 0 aromatic heterocycles. The van der Waals surface area contributed by atoms with Crippen molar-refractivity contribution >= 4 is 18.0 Å². The van der Waals surface area contributed by atoms with E-state index in [-0.39, 0.29) is 17.9 Å². The lowest BCUT2D eigenvalue weighted by Crippen LogP contribution is -2.57. The topological polar surface area (TPSA) is 90.5 Å². The molecule has 2 fully saturated rings. The Morgan fingerprint density at radius 3 is 2.82 bits per heavy atom. The van der Waals surface area contributed by atoms with E-state index in [1.165, 1.54) is 0 Å². The van der Waals surface area contributed by atoms with Gasteiger partial charge in [0.05, 0.1) is 0 Å². The third kappa shape index (κ3) is 3.51. The van der Waals surface area contributed by atoms with Gasteiger partial charge in [0, 0.05) is 25.6 Å². The van der Waals surface area contributed by atoms with E-state index < -0.39 is 11.6 Å². The number of nitrogens with one attached hydrogen (secondary N) is 3. The molecule has 2 rings (SSSR count). The fourth-order valence-electron chi connectivity index (χ4n) is 3.16. The number of rotatable bonds is 5. The zero-order chi connectivity index (χ0) is 16.2. The average Bonchev–Trinajstić information content (AvgIpc) is 2.77. The molecule has 124 valence electrons. The van der Waals surface area contributed by atoms with Crippen LogP contribution in [0.5, 0.6) is 0 Å². The Labute approximate surface area is 131 Å². The summed E-state index contributed by atoms with van der Waals surface area (Å²) >= 11 is 0. The summed E-state index contributed by atoms with van der Waals surface area (Å²) in [6, 6.07) is -0.525. The van der Waals surface area contributed by atoms with Crippen molar-refractivity contribution in [1.29, 1.82) is 0 Å². The predicted octanol–water partition coefficient (Wildman–Crippen LogP) is 1.20. The van der Waals surface area contributed by atoms with Crippen LogP contribution in [0.3, 0.4) is 0 Å². The number of urea groups is 2. The maximum Gasteiger partial charge on any atom is 0.322 e. The van der Waals surface area contributed by atoms with E-state index in [0.717, 1.165) is 32.1 Å². The second-order valence-corrected chi connectivity index (χ2v) is 6.33. The Kier molecular flexibility index (Phi) is 5.26. The molecule has 2 aliphatic rings. The van der Waals surface area contributed by atoms with E-state index in [1.54, 1.807) is 11.8 Å². The molecule has 0 saturated carbocycles. The summed E-state index contributed by atoms with van der Waals surface area (Å²) in [6.07, 6.45) is 4.87. The number of carbonyl (C=O) groups is 3. The predicted molar refractivity (Wildman–Crippen MR) is 82.3 cm³/mol. The van der Waals surface area contributed by atoms with Crippen molar-refractivity contribution < 1.29 is 14.4 Å². The van der Waals surface area contributed by atoms with E-state index in [2.05, 4.69) is 22.9 Å². The van der Waals surface area contributed by atoms with Crippen molar-refractivity contribution in [3.63, 3.8) is 0 Å². The number of hydrogen-bond donors (Lipinski definition) is 3. The van der Waals surface area contributed by atoms with E-state index in [0.29, 0.717) is 19.6 Å². The van der Waals surface area contributed by atoms with Gasteiger partial charge in [0.2, 0.25) is 0 Å². The molecule has 2 unspecified atom stereocenters. The molecule has 2 heterocycles. The summed E-state index contributed by atoms with van der Waals surface area (Å²) in [5.74, 6) is -0.359. The zero-order valence-corrected chi connectivity index (χ0v) is 13.4. The molecule has 2 aliphatic heterocycles. The highest BCUT2D eigenvalue weighted by Gasteiger charge is 2.49. The van der Waals surface area contributed by atoms with Gasteiger partial charge in [-0.15, -0.1) is 0 Å². The molecule has 0 aliphatic carbocycles.